The van der Waals surface area contributed by atoms with Crippen LogP contribution in [0.4, 0.5) is 13.2 Å². The second-order valence-corrected chi connectivity index (χ2v) is 5.15. The summed E-state index contributed by atoms with van der Waals surface area (Å²) in [5.74, 6) is -0.455. The van der Waals surface area contributed by atoms with E-state index in [1.807, 2.05) is 4.90 Å². The standard InChI is InChI=1S/C12H18F3N3O2/c1-11(2,8-16)18-5-3-17(4-6-18)10(19)7-20-9-12(13,14)15/h3-7,9H2,1-2H3. The van der Waals surface area contributed by atoms with E-state index in [-0.39, 0.29) is 0 Å². The van der Waals surface area contributed by atoms with Gasteiger partial charge in [-0.1, -0.05) is 0 Å². The molecular formula is C12H18F3N3O2. The summed E-state index contributed by atoms with van der Waals surface area (Å²) in [7, 11) is 0. The molecule has 8 heteroatoms. The summed E-state index contributed by atoms with van der Waals surface area (Å²) in [4.78, 5) is 15.1. The Bertz CT molecular complexity index is 382. The molecule has 0 aromatic heterocycles. The first-order valence-electron chi connectivity index (χ1n) is 6.24. The van der Waals surface area contributed by atoms with E-state index in [1.54, 1.807) is 13.8 Å². The third-order valence-corrected chi connectivity index (χ3v) is 3.19. The highest BCUT2D eigenvalue weighted by molar-refractivity contribution is 5.77. The van der Waals surface area contributed by atoms with Crippen molar-refractivity contribution in [2.45, 2.75) is 25.6 Å². The molecule has 0 unspecified atom stereocenters. The van der Waals surface area contributed by atoms with Crippen molar-refractivity contribution < 1.29 is 22.7 Å². The zero-order valence-corrected chi connectivity index (χ0v) is 11.5. The maximum Gasteiger partial charge on any atom is 0.411 e. The van der Waals surface area contributed by atoms with E-state index in [0.29, 0.717) is 26.2 Å². The van der Waals surface area contributed by atoms with Crippen molar-refractivity contribution in [3.8, 4) is 6.07 Å². The number of hydrogen-bond acceptors (Lipinski definition) is 4. The lowest BCUT2D eigenvalue weighted by molar-refractivity contribution is -0.178. The largest absolute Gasteiger partial charge is 0.411 e. The van der Waals surface area contributed by atoms with Crippen LogP contribution in [-0.2, 0) is 9.53 Å². The number of amides is 1. The van der Waals surface area contributed by atoms with Gasteiger partial charge in [-0.2, -0.15) is 18.4 Å². The highest BCUT2D eigenvalue weighted by Crippen LogP contribution is 2.17. The van der Waals surface area contributed by atoms with Gasteiger partial charge in [0, 0.05) is 26.2 Å². The molecule has 20 heavy (non-hydrogen) atoms. The number of hydrogen-bond donors (Lipinski definition) is 0. The molecule has 0 aromatic carbocycles. The third-order valence-electron chi connectivity index (χ3n) is 3.19. The third kappa shape index (κ3) is 4.98. The minimum atomic E-state index is -4.42. The van der Waals surface area contributed by atoms with E-state index in [4.69, 9.17) is 5.26 Å². The molecule has 1 heterocycles. The Labute approximate surface area is 115 Å². The Morgan fingerprint density at radius 3 is 2.25 bits per heavy atom. The quantitative estimate of drug-likeness (QED) is 0.776. The van der Waals surface area contributed by atoms with Crippen LogP contribution in [0.1, 0.15) is 13.8 Å². The maximum atomic E-state index is 11.9. The number of alkyl halides is 3. The predicted octanol–water partition coefficient (Wildman–Crippen LogP) is 1.01. The van der Waals surface area contributed by atoms with Crippen LogP contribution < -0.4 is 0 Å². The molecule has 0 aromatic rings. The van der Waals surface area contributed by atoms with Gasteiger partial charge in [0.05, 0.1) is 6.07 Å². The number of nitriles is 1. The van der Waals surface area contributed by atoms with Crippen molar-refractivity contribution in [3.05, 3.63) is 0 Å². The molecule has 114 valence electrons. The van der Waals surface area contributed by atoms with E-state index in [1.165, 1.54) is 4.90 Å². The first-order valence-corrected chi connectivity index (χ1v) is 6.24. The minimum Gasteiger partial charge on any atom is -0.362 e. The summed E-state index contributed by atoms with van der Waals surface area (Å²) in [6.45, 7) is 3.41. The Morgan fingerprint density at radius 2 is 1.80 bits per heavy atom. The number of carbonyl (C=O) groups excluding carboxylic acids is 1. The molecule has 0 radical (unpaired) electrons. The average Bonchev–Trinajstić information content (AvgIpc) is 2.37. The molecule has 0 aliphatic carbocycles. The minimum absolute atomic E-state index is 0.388. The summed E-state index contributed by atoms with van der Waals surface area (Å²) >= 11 is 0. The smallest absolute Gasteiger partial charge is 0.362 e. The summed E-state index contributed by atoms with van der Waals surface area (Å²) in [6.07, 6.45) is -4.42. The van der Waals surface area contributed by atoms with Crippen molar-refractivity contribution in [1.29, 1.82) is 5.26 Å². The van der Waals surface area contributed by atoms with Crippen LogP contribution in [0.3, 0.4) is 0 Å². The topological polar surface area (TPSA) is 56.6 Å². The average molecular weight is 293 g/mol. The maximum absolute atomic E-state index is 11.9. The zero-order valence-electron chi connectivity index (χ0n) is 11.5. The highest BCUT2D eigenvalue weighted by atomic mass is 19.4. The van der Waals surface area contributed by atoms with E-state index >= 15 is 0 Å². The lowest BCUT2D eigenvalue weighted by Crippen LogP contribution is -2.55. The second-order valence-electron chi connectivity index (χ2n) is 5.15. The highest BCUT2D eigenvalue weighted by Gasteiger charge is 2.32. The lowest BCUT2D eigenvalue weighted by Gasteiger charge is -2.40. The molecule has 1 aliphatic rings. The Balaban J connectivity index is 2.35. The van der Waals surface area contributed by atoms with Crippen molar-refractivity contribution in [2.24, 2.45) is 0 Å². The van der Waals surface area contributed by atoms with Crippen molar-refractivity contribution in [3.63, 3.8) is 0 Å². The van der Waals surface area contributed by atoms with Gasteiger partial charge < -0.3 is 9.64 Å². The molecule has 0 bridgehead atoms. The number of carbonyl (C=O) groups is 1. The Hall–Kier alpha value is -1.33. The van der Waals surface area contributed by atoms with Crippen molar-refractivity contribution >= 4 is 5.91 Å². The fourth-order valence-electron chi connectivity index (χ4n) is 1.93. The van der Waals surface area contributed by atoms with Crippen LogP contribution >= 0.6 is 0 Å². The Morgan fingerprint density at radius 1 is 1.25 bits per heavy atom. The molecule has 0 N–H and O–H groups in total. The van der Waals surface area contributed by atoms with Crippen molar-refractivity contribution in [2.75, 3.05) is 39.4 Å². The van der Waals surface area contributed by atoms with Crippen LogP contribution in [0.15, 0.2) is 0 Å². The molecule has 5 nitrogen and oxygen atoms in total. The van der Waals surface area contributed by atoms with Gasteiger partial charge >= 0.3 is 6.18 Å². The molecule has 1 fully saturated rings. The predicted molar refractivity (Wildman–Crippen MR) is 64.7 cm³/mol. The second kappa shape index (κ2) is 6.41. The van der Waals surface area contributed by atoms with Crippen LogP contribution in [0.2, 0.25) is 0 Å². The van der Waals surface area contributed by atoms with Gasteiger partial charge in [-0.25, -0.2) is 0 Å². The van der Waals surface area contributed by atoms with Gasteiger partial charge in [-0.15, -0.1) is 0 Å². The van der Waals surface area contributed by atoms with Gasteiger partial charge in [0.1, 0.15) is 18.8 Å². The SMILES string of the molecule is CC(C)(C#N)N1CCN(C(=O)COCC(F)(F)F)CC1. The molecule has 0 spiro atoms. The molecule has 0 saturated carbocycles. The summed E-state index contributed by atoms with van der Waals surface area (Å²) < 4.78 is 40.0. The first-order chi connectivity index (χ1) is 9.15. The fourth-order valence-corrected chi connectivity index (χ4v) is 1.93. The zero-order chi connectivity index (χ0) is 15.4. The molecule has 1 aliphatic heterocycles. The lowest BCUT2D eigenvalue weighted by atomic mass is 10.0. The normalized spacial score (nSPS) is 17.9. The van der Waals surface area contributed by atoms with Crippen LogP contribution in [0.5, 0.6) is 0 Å². The van der Waals surface area contributed by atoms with Gasteiger partial charge in [-0.05, 0) is 13.8 Å². The van der Waals surface area contributed by atoms with E-state index in [2.05, 4.69) is 10.8 Å². The molecule has 1 saturated heterocycles. The molecule has 1 rings (SSSR count). The van der Waals surface area contributed by atoms with E-state index in [9.17, 15) is 18.0 Å². The van der Waals surface area contributed by atoms with Crippen LogP contribution in [-0.4, -0.2) is 66.8 Å². The van der Waals surface area contributed by atoms with Gasteiger partial charge in [0.25, 0.3) is 0 Å². The van der Waals surface area contributed by atoms with Gasteiger partial charge in [-0.3, -0.25) is 9.69 Å². The van der Waals surface area contributed by atoms with E-state index < -0.39 is 30.8 Å². The van der Waals surface area contributed by atoms with Crippen LogP contribution in [0, 0.1) is 11.3 Å². The Kier molecular flexibility index (Phi) is 5.36. The number of ether oxygens (including phenoxy) is 1. The summed E-state index contributed by atoms with van der Waals surface area (Å²) in [5.41, 5.74) is -0.609. The number of rotatable bonds is 4. The molecule has 1 amide bonds. The van der Waals surface area contributed by atoms with Crippen LogP contribution in [0.25, 0.3) is 0 Å². The van der Waals surface area contributed by atoms with Gasteiger partial charge in [0.15, 0.2) is 0 Å². The molecule has 0 atom stereocenters. The summed E-state index contributed by atoms with van der Waals surface area (Å²) in [5, 5.41) is 9.02. The summed E-state index contributed by atoms with van der Waals surface area (Å²) in [6, 6.07) is 2.18. The molecular weight excluding hydrogens is 275 g/mol. The fraction of sp³-hybridized carbons (Fsp3) is 0.833. The monoisotopic (exact) mass is 293 g/mol. The first kappa shape index (κ1) is 16.7. The number of halogens is 3. The van der Waals surface area contributed by atoms with E-state index in [0.717, 1.165) is 0 Å². The number of piperazine rings is 1. The van der Waals surface area contributed by atoms with Gasteiger partial charge in [0.2, 0.25) is 5.91 Å². The number of nitrogens with zero attached hydrogens (tertiary/aromatic N) is 3. The van der Waals surface area contributed by atoms with Crippen molar-refractivity contribution in [1.82, 2.24) is 9.80 Å².